The van der Waals surface area contributed by atoms with Crippen molar-refractivity contribution in [2.75, 3.05) is 5.32 Å². The fourth-order valence-electron chi connectivity index (χ4n) is 4.35. The van der Waals surface area contributed by atoms with Gasteiger partial charge in [0.15, 0.2) is 0 Å². The molecule has 1 amide bonds. The third-order valence-electron chi connectivity index (χ3n) is 6.07. The molecule has 6 aromatic rings. The number of hydrogen-bond acceptors (Lipinski definition) is 3. The first kappa shape index (κ1) is 20.6. The van der Waals surface area contributed by atoms with E-state index in [1.807, 2.05) is 79.7 Å². The molecule has 0 radical (unpaired) electrons. The van der Waals surface area contributed by atoms with Crippen LogP contribution in [0.3, 0.4) is 0 Å². The highest BCUT2D eigenvalue weighted by molar-refractivity contribution is 9.10. The molecule has 6 heteroatoms. The lowest BCUT2D eigenvalue weighted by Gasteiger charge is -2.11. The van der Waals surface area contributed by atoms with Crippen molar-refractivity contribution in [1.82, 2.24) is 15.0 Å². The number of carbonyl (C=O) groups is 1. The molecule has 6 rings (SSSR count). The minimum atomic E-state index is -0.160. The van der Waals surface area contributed by atoms with E-state index in [9.17, 15) is 4.79 Å². The molecular weight excluding hydrogens is 488 g/mol. The number of nitrogens with zero attached hydrogens (tertiary/aromatic N) is 3. The summed E-state index contributed by atoms with van der Waals surface area (Å²) in [4.78, 5) is 14.9. The van der Waals surface area contributed by atoms with Crippen molar-refractivity contribution in [2.45, 2.75) is 6.92 Å². The average molecular weight is 507 g/mol. The monoisotopic (exact) mass is 506 g/mol. The number of fused-ring (bicyclic) bond motifs is 3. The zero-order valence-corrected chi connectivity index (χ0v) is 19.9. The normalized spacial score (nSPS) is 11.4. The molecule has 1 heterocycles. The van der Waals surface area contributed by atoms with Crippen LogP contribution >= 0.6 is 15.9 Å². The molecule has 0 aliphatic rings. The van der Waals surface area contributed by atoms with Gasteiger partial charge in [-0.1, -0.05) is 76.6 Å². The SMILES string of the molecule is Cc1cc2nn(-c3cccc4ccccc34)nc2cc1NC(=O)c1cccc2c(Br)cccc12. The second-order valence-corrected chi connectivity index (χ2v) is 9.09. The first-order valence-electron chi connectivity index (χ1n) is 10.9. The lowest BCUT2D eigenvalue weighted by molar-refractivity contribution is 0.102. The van der Waals surface area contributed by atoms with E-state index in [1.165, 1.54) is 0 Å². The van der Waals surface area contributed by atoms with Crippen LogP contribution in [0.1, 0.15) is 15.9 Å². The maximum Gasteiger partial charge on any atom is 0.256 e. The van der Waals surface area contributed by atoms with E-state index in [0.29, 0.717) is 5.56 Å². The third-order valence-corrected chi connectivity index (χ3v) is 6.76. The van der Waals surface area contributed by atoms with E-state index >= 15 is 0 Å². The molecule has 34 heavy (non-hydrogen) atoms. The van der Waals surface area contributed by atoms with Crippen LogP contribution in [-0.2, 0) is 0 Å². The Labute approximate surface area is 204 Å². The summed E-state index contributed by atoms with van der Waals surface area (Å²) in [6, 6.07) is 29.7. The zero-order valence-electron chi connectivity index (χ0n) is 18.3. The first-order valence-corrected chi connectivity index (χ1v) is 11.7. The van der Waals surface area contributed by atoms with Gasteiger partial charge in [-0.25, -0.2) is 0 Å². The minimum Gasteiger partial charge on any atom is -0.322 e. The van der Waals surface area contributed by atoms with Gasteiger partial charge in [-0.2, -0.15) is 0 Å². The smallest absolute Gasteiger partial charge is 0.256 e. The molecule has 0 fully saturated rings. The largest absolute Gasteiger partial charge is 0.322 e. The van der Waals surface area contributed by atoms with E-state index in [2.05, 4.69) is 39.4 Å². The van der Waals surface area contributed by atoms with Crippen molar-refractivity contribution >= 4 is 60.1 Å². The van der Waals surface area contributed by atoms with Crippen LogP contribution in [0.5, 0.6) is 0 Å². The molecule has 0 saturated heterocycles. The van der Waals surface area contributed by atoms with E-state index in [1.54, 1.807) is 4.80 Å². The number of hydrogen-bond donors (Lipinski definition) is 1. The van der Waals surface area contributed by atoms with Gasteiger partial charge < -0.3 is 5.32 Å². The Morgan fingerprint density at radius 3 is 2.35 bits per heavy atom. The quantitative estimate of drug-likeness (QED) is 0.279. The van der Waals surface area contributed by atoms with Crippen molar-refractivity contribution < 1.29 is 4.79 Å². The molecule has 0 unspecified atom stereocenters. The van der Waals surface area contributed by atoms with E-state index < -0.39 is 0 Å². The summed E-state index contributed by atoms with van der Waals surface area (Å²) in [6.07, 6.45) is 0. The van der Waals surface area contributed by atoms with Gasteiger partial charge in [0.1, 0.15) is 11.0 Å². The van der Waals surface area contributed by atoms with Crippen LogP contribution in [0.25, 0.3) is 38.3 Å². The highest BCUT2D eigenvalue weighted by Crippen LogP contribution is 2.29. The molecule has 0 bridgehead atoms. The maximum absolute atomic E-state index is 13.2. The van der Waals surface area contributed by atoms with Crippen LogP contribution in [0.2, 0.25) is 0 Å². The molecule has 0 aliphatic heterocycles. The van der Waals surface area contributed by atoms with Crippen molar-refractivity contribution in [1.29, 1.82) is 0 Å². The summed E-state index contributed by atoms with van der Waals surface area (Å²) in [5.74, 6) is -0.160. The summed E-state index contributed by atoms with van der Waals surface area (Å²) >= 11 is 3.57. The Hall–Kier alpha value is -4.03. The third kappa shape index (κ3) is 3.43. The van der Waals surface area contributed by atoms with Crippen LogP contribution in [0.4, 0.5) is 5.69 Å². The number of halogens is 1. The molecule has 5 nitrogen and oxygen atoms in total. The van der Waals surface area contributed by atoms with Crippen LogP contribution < -0.4 is 5.32 Å². The number of amides is 1. The van der Waals surface area contributed by atoms with E-state index in [4.69, 9.17) is 10.2 Å². The fourth-order valence-corrected chi connectivity index (χ4v) is 4.85. The van der Waals surface area contributed by atoms with Gasteiger partial charge in [0, 0.05) is 21.1 Å². The van der Waals surface area contributed by atoms with Crippen LogP contribution in [-0.4, -0.2) is 20.9 Å². The second kappa shape index (κ2) is 8.08. The molecule has 1 N–H and O–H groups in total. The predicted molar refractivity (Wildman–Crippen MR) is 141 cm³/mol. The Morgan fingerprint density at radius 1 is 0.794 bits per heavy atom. The minimum absolute atomic E-state index is 0.160. The Bertz CT molecular complexity index is 1730. The molecule has 0 atom stereocenters. The molecular formula is C28H19BrN4O. The summed E-state index contributed by atoms with van der Waals surface area (Å²) in [6.45, 7) is 1.96. The van der Waals surface area contributed by atoms with Gasteiger partial charge in [-0.15, -0.1) is 15.0 Å². The molecule has 1 aromatic heterocycles. The first-order chi connectivity index (χ1) is 16.6. The summed E-state index contributed by atoms with van der Waals surface area (Å²) < 4.78 is 0.960. The lowest BCUT2D eigenvalue weighted by atomic mass is 10.0. The molecule has 0 saturated carbocycles. The maximum atomic E-state index is 13.2. The number of nitrogens with one attached hydrogen (secondary N) is 1. The van der Waals surface area contributed by atoms with E-state index in [-0.39, 0.29) is 5.91 Å². The van der Waals surface area contributed by atoms with Crippen molar-refractivity contribution in [3.05, 3.63) is 107 Å². The zero-order chi connectivity index (χ0) is 23.2. The topological polar surface area (TPSA) is 59.8 Å². The molecule has 5 aromatic carbocycles. The number of benzene rings is 5. The Morgan fingerprint density at radius 2 is 1.47 bits per heavy atom. The highest BCUT2D eigenvalue weighted by Gasteiger charge is 2.15. The summed E-state index contributed by atoms with van der Waals surface area (Å²) in [5.41, 5.74) is 4.67. The van der Waals surface area contributed by atoms with E-state index in [0.717, 1.165) is 54.0 Å². The highest BCUT2D eigenvalue weighted by atomic mass is 79.9. The predicted octanol–water partition coefficient (Wildman–Crippen LogP) is 7.05. The summed E-state index contributed by atoms with van der Waals surface area (Å²) in [5, 5.41) is 16.6. The number of carbonyl (C=O) groups excluding carboxylic acids is 1. The lowest BCUT2D eigenvalue weighted by Crippen LogP contribution is -2.13. The Balaban J connectivity index is 1.39. The van der Waals surface area contributed by atoms with Gasteiger partial charge >= 0.3 is 0 Å². The fraction of sp³-hybridized carbons (Fsp3) is 0.0357. The van der Waals surface area contributed by atoms with Gasteiger partial charge in [-0.05, 0) is 59.0 Å². The average Bonchev–Trinajstić information content (AvgIpc) is 3.26. The summed E-state index contributed by atoms with van der Waals surface area (Å²) in [7, 11) is 0. The van der Waals surface area contributed by atoms with Gasteiger partial charge in [0.05, 0.1) is 5.69 Å². The van der Waals surface area contributed by atoms with Gasteiger partial charge in [0.25, 0.3) is 5.91 Å². The number of aryl methyl sites for hydroxylation is 1. The Kier molecular flexibility index (Phi) is 4.89. The standard InChI is InChI=1S/C28H19BrN4O/c1-17-15-25-26(32-33(31-25)27-14-4-8-18-7-2-3-9-19(18)27)16-24(17)30-28(34)22-12-5-11-21-20(22)10-6-13-23(21)29/h2-16H,1H3,(H,30,34). The van der Waals surface area contributed by atoms with Crippen molar-refractivity contribution in [2.24, 2.45) is 0 Å². The van der Waals surface area contributed by atoms with Crippen molar-refractivity contribution in [3.8, 4) is 5.69 Å². The number of rotatable bonds is 3. The second-order valence-electron chi connectivity index (χ2n) is 8.24. The number of anilines is 1. The van der Waals surface area contributed by atoms with Crippen LogP contribution in [0, 0.1) is 6.92 Å². The molecule has 0 spiro atoms. The van der Waals surface area contributed by atoms with Crippen LogP contribution in [0.15, 0.2) is 95.5 Å². The van der Waals surface area contributed by atoms with Crippen molar-refractivity contribution in [3.63, 3.8) is 0 Å². The van der Waals surface area contributed by atoms with Gasteiger partial charge in [0.2, 0.25) is 0 Å². The van der Waals surface area contributed by atoms with Gasteiger partial charge in [-0.3, -0.25) is 4.79 Å². The molecule has 164 valence electrons. The molecule has 0 aliphatic carbocycles. The number of aromatic nitrogens is 3.